The van der Waals surface area contributed by atoms with Gasteiger partial charge in [0.1, 0.15) is 5.69 Å². The Balaban J connectivity index is 1.83. The summed E-state index contributed by atoms with van der Waals surface area (Å²) >= 11 is 0. The Bertz CT molecular complexity index is 1060. The molecule has 0 radical (unpaired) electrons. The van der Waals surface area contributed by atoms with Crippen LogP contribution in [0.25, 0.3) is 11.3 Å². The molecule has 2 heterocycles. The zero-order valence-corrected chi connectivity index (χ0v) is 16.4. The van der Waals surface area contributed by atoms with E-state index in [4.69, 9.17) is 9.47 Å². The number of methoxy groups -OCH3 is 2. The third-order valence-corrected chi connectivity index (χ3v) is 5.20. The third-order valence-electron chi connectivity index (χ3n) is 5.20. The van der Waals surface area contributed by atoms with E-state index in [0.717, 1.165) is 16.7 Å². The van der Waals surface area contributed by atoms with Crippen LogP contribution >= 0.6 is 0 Å². The maximum Gasteiger partial charge on any atom is 0.273 e. The van der Waals surface area contributed by atoms with Crippen LogP contribution in [0.4, 0.5) is 5.69 Å². The number of nitrogens with one attached hydrogen (secondary N) is 1. The van der Waals surface area contributed by atoms with Crippen molar-refractivity contribution in [3.8, 4) is 11.3 Å². The number of carbonyl (C=O) groups is 1. The van der Waals surface area contributed by atoms with E-state index in [-0.39, 0.29) is 18.1 Å². The molecule has 0 fully saturated rings. The summed E-state index contributed by atoms with van der Waals surface area (Å²) < 4.78 is 10.6. The van der Waals surface area contributed by atoms with Gasteiger partial charge < -0.3 is 14.4 Å². The van der Waals surface area contributed by atoms with Gasteiger partial charge in [0.05, 0.1) is 23.2 Å². The minimum atomic E-state index is -0.619. The minimum Gasteiger partial charge on any atom is -0.354 e. The second kappa shape index (κ2) is 8.05. The van der Waals surface area contributed by atoms with Crippen LogP contribution in [0.2, 0.25) is 0 Å². The molecular formula is C21H20N4O5. The van der Waals surface area contributed by atoms with E-state index in [2.05, 4.69) is 10.2 Å². The lowest BCUT2D eigenvalue weighted by molar-refractivity contribution is -0.384. The zero-order valence-electron chi connectivity index (χ0n) is 16.4. The lowest BCUT2D eigenvalue weighted by Gasteiger charge is -2.29. The average Bonchev–Trinajstić information content (AvgIpc) is 3.31. The molecule has 0 spiro atoms. The minimum absolute atomic E-state index is 0.0167. The number of nitro groups is 1. The number of aromatic amines is 1. The number of hydrogen-bond donors (Lipinski definition) is 1. The molecule has 1 aliphatic rings. The molecule has 0 saturated carbocycles. The molecule has 1 atom stereocenters. The molecule has 154 valence electrons. The molecule has 1 N–H and O–H groups in total. The van der Waals surface area contributed by atoms with Gasteiger partial charge in [-0.2, -0.15) is 5.10 Å². The Morgan fingerprint density at radius 3 is 2.40 bits per heavy atom. The summed E-state index contributed by atoms with van der Waals surface area (Å²) in [4.78, 5) is 25.4. The van der Waals surface area contributed by atoms with Crippen LogP contribution in [0.3, 0.4) is 0 Å². The molecule has 1 unspecified atom stereocenters. The van der Waals surface area contributed by atoms with Crippen LogP contribution in [0.1, 0.15) is 27.7 Å². The molecule has 2 aromatic carbocycles. The van der Waals surface area contributed by atoms with E-state index in [0.29, 0.717) is 11.4 Å². The molecule has 1 aromatic heterocycles. The first kappa shape index (κ1) is 19.7. The lowest BCUT2D eigenvalue weighted by Crippen LogP contribution is -2.38. The number of nitro benzene ring substituents is 1. The van der Waals surface area contributed by atoms with Gasteiger partial charge in [-0.15, -0.1) is 0 Å². The van der Waals surface area contributed by atoms with Gasteiger partial charge in [-0.05, 0) is 17.7 Å². The van der Waals surface area contributed by atoms with Crippen molar-refractivity contribution in [2.75, 3.05) is 20.8 Å². The predicted molar refractivity (Wildman–Crippen MR) is 108 cm³/mol. The van der Waals surface area contributed by atoms with Crippen molar-refractivity contribution < 1.29 is 19.2 Å². The summed E-state index contributed by atoms with van der Waals surface area (Å²) in [5.41, 5.74) is 3.37. The third kappa shape index (κ3) is 3.34. The molecule has 9 heteroatoms. The Morgan fingerprint density at radius 1 is 1.13 bits per heavy atom. The van der Waals surface area contributed by atoms with Crippen molar-refractivity contribution in [3.05, 3.63) is 81.5 Å². The summed E-state index contributed by atoms with van der Waals surface area (Å²) in [6, 6.07) is 15.2. The highest BCUT2D eigenvalue weighted by molar-refractivity contribution is 6.00. The van der Waals surface area contributed by atoms with Gasteiger partial charge in [0.15, 0.2) is 6.29 Å². The number of hydrogen-bond acceptors (Lipinski definition) is 6. The number of rotatable bonds is 7. The number of non-ortho nitro benzene ring substituents is 1. The van der Waals surface area contributed by atoms with Gasteiger partial charge in [-0.1, -0.05) is 30.3 Å². The van der Waals surface area contributed by atoms with Gasteiger partial charge in [0.2, 0.25) is 0 Å². The van der Waals surface area contributed by atoms with Gasteiger partial charge in [-0.25, -0.2) is 0 Å². The number of amides is 1. The summed E-state index contributed by atoms with van der Waals surface area (Å²) in [5.74, 6) is -0.234. The highest BCUT2D eigenvalue weighted by Crippen LogP contribution is 2.43. The van der Waals surface area contributed by atoms with E-state index >= 15 is 0 Å². The molecule has 0 saturated heterocycles. The first-order chi connectivity index (χ1) is 14.5. The number of fused-ring (bicyclic) bond motifs is 1. The van der Waals surface area contributed by atoms with Crippen LogP contribution < -0.4 is 0 Å². The highest BCUT2D eigenvalue weighted by atomic mass is 16.7. The number of nitrogens with zero attached hydrogens (tertiary/aromatic N) is 3. The van der Waals surface area contributed by atoms with E-state index in [1.54, 1.807) is 17.0 Å². The summed E-state index contributed by atoms with van der Waals surface area (Å²) in [6.45, 7) is 0.185. The largest absolute Gasteiger partial charge is 0.354 e. The van der Waals surface area contributed by atoms with Gasteiger partial charge in [0, 0.05) is 37.5 Å². The SMILES string of the molecule is COC(CN1C(=O)c2[nH]nc(-c3ccccc3)c2C1c1ccc([N+](=O)[O-])cc1)OC. The van der Waals surface area contributed by atoms with Crippen molar-refractivity contribution in [3.63, 3.8) is 0 Å². The molecule has 1 amide bonds. The lowest BCUT2D eigenvalue weighted by atomic mass is 9.96. The first-order valence-electron chi connectivity index (χ1n) is 9.29. The van der Waals surface area contributed by atoms with E-state index in [9.17, 15) is 14.9 Å². The van der Waals surface area contributed by atoms with Crippen LogP contribution in [-0.2, 0) is 9.47 Å². The van der Waals surface area contributed by atoms with E-state index in [1.807, 2.05) is 30.3 Å². The Labute approximate surface area is 172 Å². The van der Waals surface area contributed by atoms with E-state index in [1.165, 1.54) is 26.4 Å². The van der Waals surface area contributed by atoms with Gasteiger partial charge >= 0.3 is 0 Å². The van der Waals surface area contributed by atoms with Crippen molar-refractivity contribution in [1.29, 1.82) is 0 Å². The fourth-order valence-corrected chi connectivity index (χ4v) is 3.73. The van der Waals surface area contributed by atoms with E-state index < -0.39 is 17.3 Å². The number of benzene rings is 2. The molecule has 3 aromatic rings. The zero-order chi connectivity index (χ0) is 21.3. The first-order valence-corrected chi connectivity index (χ1v) is 9.29. The van der Waals surface area contributed by atoms with Crippen LogP contribution in [0.5, 0.6) is 0 Å². The van der Waals surface area contributed by atoms with Crippen molar-refractivity contribution in [2.45, 2.75) is 12.3 Å². The normalized spacial score (nSPS) is 15.6. The summed E-state index contributed by atoms with van der Waals surface area (Å²) in [5, 5.41) is 18.3. The molecular weight excluding hydrogens is 388 g/mol. The monoisotopic (exact) mass is 408 g/mol. The molecule has 0 aliphatic carbocycles. The smallest absolute Gasteiger partial charge is 0.273 e. The predicted octanol–water partition coefficient (Wildman–Crippen LogP) is 3.15. The summed E-state index contributed by atoms with van der Waals surface area (Å²) in [7, 11) is 3.01. The Kier molecular flexibility index (Phi) is 5.30. The molecule has 4 rings (SSSR count). The second-order valence-corrected chi connectivity index (χ2v) is 6.84. The number of H-pyrrole nitrogens is 1. The maximum absolute atomic E-state index is 13.2. The van der Waals surface area contributed by atoms with Crippen molar-refractivity contribution in [2.24, 2.45) is 0 Å². The van der Waals surface area contributed by atoms with Gasteiger partial charge in [0.25, 0.3) is 11.6 Å². The van der Waals surface area contributed by atoms with Crippen molar-refractivity contribution >= 4 is 11.6 Å². The van der Waals surface area contributed by atoms with Crippen LogP contribution in [0, 0.1) is 10.1 Å². The molecule has 0 bridgehead atoms. The van der Waals surface area contributed by atoms with Crippen molar-refractivity contribution in [1.82, 2.24) is 15.1 Å². The fourth-order valence-electron chi connectivity index (χ4n) is 3.73. The average molecular weight is 408 g/mol. The van der Waals surface area contributed by atoms with Crippen LogP contribution in [0.15, 0.2) is 54.6 Å². The molecule has 30 heavy (non-hydrogen) atoms. The maximum atomic E-state index is 13.2. The van der Waals surface area contributed by atoms with Gasteiger partial charge in [-0.3, -0.25) is 20.0 Å². The van der Waals surface area contributed by atoms with Crippen LogP contribution in [-0.4, -0.2) is 53.0 Å². The Morgan fingerprint density at radius 2 is 1.80 bits per heavy atom. The molecule has 1 aliphatic heterocycles. The standard InChI is InChI=1S/C21H20N4O5/c1-29-16(30-2)12-24-20(14-8-10-15(11-9-14)25(27)28)17-18(13-6-4-3-5-7-13)22-23-19(17)21(24)26/h3-11,16,20H,12H2,1-2H3,(H,22,23). The highest BCUT2D eigenvalue weighted by Gasteiger charge is 2.43. The second-order valence-electron chi connectivity index (χ2n) is 6.84. The number of ether oxygens (including phenoxy) is 2. The summed E-state index contributed by atoms with van der Waals surface area (Å²) in [6.07, 6.45) is -0.619. The Hall–Kier alpha value is -3.56. The molecule has 9 nitrogen and oxygen atoms in total. The quantitative estimate of drug-likeness (QED) is 0.365. The fraction of sp³-hybridized carbons (Fsp3) is 0.238. The number of aromatic nitrogens is 2. The topological polar surface area (TPSA) is 111 Å². The number of carbonyl (C=O) groups excluding carboxylic acids is 1.